The first kappa shape index (κ1) is 12.7. The molecule has 0 spiro atoms. The molecular formula is C15H22N2O2. The molecule has 2 aliphatic rings. The highest BCUT2D eigenvalue weighted by atomic mass is 16.5. The lowest BCUT2D eigenvalue weighted by molar-refractivity contribution is 0.0667. The Morgan fingerprint density at radius 3 is 2.79 bits per heavy atom. The van der Waals surface area contributed by atoms with Crippen molar-refractivity contribution in [2.75, 3.05) is 6.54 Å². The van der Waals surface area contributed by atoms with Crippen LogP contribution in [0.1, 0.15) is 56.3 Å². The summed E-state index contributed by atoms with van der Waals surface area (Å²) < 4.78 is 5.13. The average molecular weight is 262 g/mol. The van der Waals surface area contributed by atoms with Crippen molar-refractivity contribution in [2.45, 2.75) is 53.0 Å². The predicted octanol–water partition coefficient (Wildman–Crippen LogP) is 3.02. The van der Waals surface area contributed by atoms with Gasteiger partial charge in [-0.1, -0.05) is 25.9 Å². The van der Waals surface area contributed by atoms with Crippen LogP contribution in [-0.4, -0.2) is 28.6 Å². The first-order valence-electron chi connectivity index (χ1n) is 7.02. The molecule has 2 heterocycles. The molecule has 1 aromatic heterocycles. The van der Waals surface area contributed by atoms with Gasteiger partial charge in [0.2, 0.25) is 5.76 Å². The minimum Gasteiger partial charge on any atom is -0.351 e. The fourth-order valence-corrected chi connectivity index (χ4v) is 4.30. The Morgan fingerprint density at radius 2 is 2.16 bits per heavy atom. The second kappa shape index (κ2) is 3.84. The summed E-state index contributed by atoms with van der Waals surface area (Å²) in [5.41, 5.74) is 1.35. The van der Waals surface area contributed by atoms with Crippen molar-refractivity contribution in [2.24, 2.45) is 10.8 Å². The molecule has 0 radical (unpaired) electrons. The summed E-state index contributed by atoms with van der Waals surface area (Å²) in [5.74, 6) is 0.387. The van der Waals surface area contributed by atoms with Gasteiger partial charge in [0.15, 0.2) is 0 Å². The van der Waals surface area contributed by atoms with E-state index in [4.69, 9.17) is 4.52 Å². The van der Waals surface area contributed by atoms with E-state index in [1.54, 1.807) is 6.07 Å². The monoisotopic (exact) mass is 262 g/mol. The average Bonchev–Trinajstić information content (AvgIpc) is 2.78. The molecule has 1 aromatic rings. The molecule has 0 N–H and O–H groups in total. The summed E-state index contributed by atoms with van der Waals surface area (Å²) >= 11 is 0. The molecule has 0 aromatic carbocycles. The number of nitrogens with zero attached hydrogens (tertiary/aromatic N) is 2. The van der Waals surface area contributed by atoms with Gasteiger partial charge < -0.3 is 9.42 Å². The zero-order valence-electron chi connectivity index (χ0n) is 12.2. The Hall–Kier alpha value is -1.32. The number of hydrogen-bond acceptors (Lipinski definition) is 3. The van der Waals surface area contributed by atoms with Crippen molar-refractivity contribution in [1.82, 2.24) is 10.1 Å². The van der Waals surface area contributed by atoms with Crippen molar-refractivity contribution in [1.29, 1.82) is 0 Å². The molecule has 1 amide bonds. The lowest BCUT2D eigenvalue weighted by atomic mass is 9.65. The molecule has 2 bridgehead atoms. The van der Waals surface area contributed by atoms with Crippen LogP contribution in [0.4, 0.5) is 0 Å². The molecule has 1 aliphatic heterocycles. The number of carbonyl (C=O) groups is 1. The van der Waals surface area contributed by atoms with Gasteiger partial charge in [0.05, 0.1) is 5.69 Å². The summed E-state index contributed by atoms with van der Waals surface area (Å²) in [4.78, 5) is 14.6. The number of carbonyl (C=O) groups excluding carboxylic acids is 1. The molecule has 1 saturated heterocycles. The summed E-state index contributed by atoms with van der Waals surface area (Å²) in [6, 6.07) is 2.09. The second-order valence-electron chi connectivity index (χ2n) is 7.48. The summed E-state index contributed by atoms with van der Waals surface area (Å²) in [7, 11) is 0. The Balaban J connectivity index is 1.86. The van der Waals surface area contributed by atoms with Gasteiger partial charge in [0.25, 0.3) is 5.91 Å². The molecule has 3 rings (SSSR count). The van der Waals surface area contributed by atoms with E-state index >= 15 is 0 Å². The smallest absolute Gasteiger partial charge is 0.292 e. The predicted molar refractivity (Wildman–Crippen MR) is 71.8 cm³/mol. The second-order valence-corrected chi connectivity index (χ2v) is 7.48. The highest BCUT2D eigenvalue weighted by Crippen LogP contribution is 2.52. The zero-order chi connectivity index (χ0) is 13.8. The van der Waals surface area contributed by atoms with E-state index < -0.39 is 0 Å². The van der Waals surface area contributed by atoms with Crippen molar-refractivity contribution < 1.29 is 9.32 Å². The number of aryl methyl sites for hydroxylation is 1. The summed E-state index contributed by atoms with van der Waals surface area (Å²) in [5, 5.41) is 3.82. The quantitative estimate of drug-likeness (QED) is 0.781. The van der Waals surface area contributed by atoms with E-state index in [-0.39, 0.29) is 11.3 Å². The lowest BCUT2D eigenvalue weighted by Crippen LogP contribution is -2.37. The Bertz CT molecular complexity index is 520. The van der Waals surface area contributed by atoms with Gasteiger partial charge in [-0.15, -0.1) is 0 Å². The SMILES string of the molecule is Cc1cc(C(=O)N2C[C@@]3(C)C[C@H]2CC(C)(C)C3)on1. The Morgan fingerprint density at radius 1 is 1.42 bits per heavy atom. The van der Waals surface area contributed by atoms with Gasteiger partial charge in [-0.3, -0.25) is 4.79 Å². The topological polar surface area (TPSA) is 46.3 Å². The van der Waals surface area contributed by atoms with Crippen molar-refractivity contribution in [3.8, 4) is 0 Å². The van der Waals surface area contributed by atoms with Crippen LogP contribution >= 0.6 is 0 Å². The Labute approximate surface area is 114 Å². The van der Waals surface area contributed by atoms with Crippen LogP contribution in [0.3, 0.4) is 0 Å². The van der Waals surface area contributed by atoms with Crippen molar-refractivity contribution in [3.63, 3.8) is 0 Å². The van der Waals surface area contributed by atoms with Crippen LogP contribution in [0.5, 0.6) is 0 Å². The van der Waals surface area contributed by atoms with E-state index in [1.807, 2.05) is 11.8 Å². The molecule has 1 aliphatic carbocycles. The lowest BCUT2D eigenvalue weighted by Gasteiger charge is -2.39. The summed E-state index contributed by atoms with van der Waals surface area (Å²) in [6.45, 7) is 9.61. The standard InChI is InChI=1S/C15H22N2O2/c1-10-5-12(19-16-10)13(18)17-9-15(4)7-11(17)6-14(2,3)8-15/h5,11H,6-9H2,1-4H3/t11-,15+/m1/s1. The third-order valence-corrected chi connectivity index (χ3v) is 4.51. The molecule has 4 nitrogen and oxygen atoms in total. The highest BCUT2D eigenvalue weighted by Gasteiger charge is 2.51. The van der Waals surface area contributed by atoms with Crippen molar-refractivity contribution in [3.05, 3.63) is 17.5 Å². The van der Waals surface area contributed by atoms with Crippen LogP contribution in [0.25, 0.3) is 0 Å². The Kier molecular flexibility index (Phi) is 2.57. The number of aromatic nitrogens is 1. The minimum atomic E-state index is 0.00650. The van der Waals surface area contributed by atoms with Gasteiger partial charge in [0.1, 0.15) is 0 Å². The number of rotatable bonds is 1. The number of likely N-dealkylation sites (tertiary alicyclic amines) is 1. The van der Waals surface area contributed by atoms with Crippen LogP contribution < -0.4 is 0 Å². The van der Waals surface area contributed by atoms with E-state index in [1.165, 1.54) is 6.42 Å². The van der Waals surface area contributed by atoms with E-state index in [0.29, 0.717) is 17.2 Å². The maximum absolute atomic E-state index is 12.5. The fourth-order valence-electron chi connectivity index (χ4n) is 4.30. The summed E-state index contributed by atoms with van der Waals surface area (Å²) in [6.07, 6.45) is 3.40. The molecule has 19 heavy (non-hydrogen) atoms. The normalized spacial score (nSPS) is 32.6. The molecule has 1 saturated carbocycles. The van der Waals surface area contributed by atoms with E-state index in [2.05, 4.69) is 25.9 Å². The third-order valence-electron chi connectivity index (χ3n) is 4.51. The maximum atomic E-state index is 12.5. The van der Waals surface area contributed by atoms with Crippen molar-refractivity contribution >= 4 is 5.91 Å². The van der Waals surface area contributed by atoms with Crippen LogP contribution in [0.15, 0.2) is 10.6 Å². The first-order chi connectivity index (χ1) is 8.78. The molecule has 104 valence electrons. The molecule has 4 heteroatoms. The number of amides is 1. The maximum Gasteiger partial charge on any atom is 0.292 e. The first-order valence-corrected chi connectivity index (χ1v) is 7.02. The minimum absolute atomic E-state index is 0.00650. The van der Waals surface area contributed by atoms with Gasteiger partial charge in [-0.2, -0.15) is 0 Å². The fraction of sp³-hybridized carbons (Fsp3) is 0.733. The zero-order valence-corrected chi connectivity index (χ0v) is 12.2. The largest absolute Gasteiger partial charge is 0.351 e. The van der Waals surface area contributed by atoms with Gasteiger partial charge >= 0.3 is 0 Å². The van der Waals surface area contributed by atoms with Crippen LogP contribution in [0, 0.1) is 17.8 Å². The molecular weight excluding hydrogens is 240 g/mol. The van der Waals surface area contributed by atoms with Gasteiger partial charge in [-0.25, -0.2) is 0 Å². The van der Waals surface area contributed by atoms with E-state index in [9.17, 15) is 4.79 Å². The van der Waals surface area contributed by atoms with Gasteiger partial charge in [0, 0.05) is 18.7 Å². The van der Waals surface area contributed by atoms with Crippen LogP contribution in [-0.2, 0) is 0 Å². The van der Waals surface area contributed by atoms with E-state index in [0.717, 1.165) is 25.1 Å². The molecule has 2 fully saturated rings. The van der Waals surface area contributed by atoms with Gasteiger partial charge in [-0.05, 0) is 37.0 Å². The number of hydrogen-bond donors (Lipinski definition) is 0. The van der Waals surface area contributed by atoms with Crippen LogP contribution in [0.2, 0.25) is 0 Å². The highest BCUT2D eigenvalue weighted by molar-refractivity contribution is 5.92. The third kappa shape index (κ3) is 2.17. The number of fused-ring (bicyclic) bond motifs is 2. The molecule has 0 unspecified atom stereocenters. The molecule has 2 atom stereocenters.